The van der Waals surface area contributed by atoms with Gasteiger partial charge >= 0.3 is 0 Å². The van der Waals surface area contributed by atoms with Crippen molar-refractivity contribution in [3.05, 3.63) is 65.7 Å². The van der Waals surface area contributed by atoms with Gasteiger partial charge in [0, 0.05) is 42.5 Å². The van der Waals surface area contributed by atoms with Gasteiger partial charge in [-0.05, 0) is 26.0 Å². The summed E-state index contributed by atoms with van der Waals surface area (Å²) >= 11 is 0. The number of nitrogens with one attached hydrogen (secondary N) is 1. The highest BCUT2D eigenvalue weighted by Gasteiger charge is 2.19. The first-order valence-corrected chi connectivity index (χ1v) is 9.12. The van der Waals surface area contributed by atoms with Gasteiger partial charge in [-0.1, -0.05) is 18.2 Å². The Hall–Kier alpha value is -3.48. The Balaban J connectivity index is 1.74. The maximum Gasteiger partial charge on any atom is 0.252 e. The molecule has 1 aromatic carbocycles. The molecule has 7 nitrogen and oxygen atoms in total. The Morgan fingerprint density at radius 2 is 1.93 bits per heavy atom. The largest absolute Gasteiger partial charge is 0.345 e. The van der Waals surface area contributed by atoms with E-state index < -0.39 is 0 Å². The van der Waals surface area contributed by atoms with E-state index in [-0.39, 0.29) is 11.9 Å². The Bertz CT molecular complexity index is 1170. The van der Waals surface area contributed by atoms with Crippen LogP contribution in [-0.4, -0.2) is 30.5 Å². The zero-order chi connectivity index (χ0) is 19.8. The highest BCUT2D eigenvalue weighted by molar-refractivity contribution is 6.07. The molecule has 1 amide bonds. The van der Waals surface area contributed by atoms with Gasteiger partial charge in [-0.3, -0.25) is 14.2 Å². The van der Waals surface area contributed by atoms with Crippen molar-refractivity contribution in [2.24, 2.45) is 14.1 Å². The van der Waals surface area contributed by atoms with Crippen LogP contribution in [0.1, 0.15) is 34.6 Å². The number of hydrogen-bond donors (Lipinski definition) is 1. The van der Waals surface area contributed by atoms with Crippen molar-refractivity contribution in [2.45, 2.75) is 19.9 Å². The molecule has 4 aromatic rings. The van der Waals surface area contributed by atoms with E-state index in [2.05, 4.69) is 15.5 Å². The van der Waals surface area contributed by atoms with Crippen molar-refractivity contribution in [1.29, 1.82) is 0 Å². The molecule has 1 N–H and O–H groups in total. The SMILES string of the molecule is Cc1c(C(C)NC(=O)c2cc(-c3cnn(C)c3)nc3ccccc23)cnn1C. The third-order valence-electron chi connectivity index (χ3n) is 5.05. The van der Waals surface area contributed by atoms with E-state index in [0.29, 0.717) is 5.56 Å². The van der Waals surface area contributed by atoms with E-state index in [1.54, 1.807) is 21.8 Å². The van der Waals surface area contributed by atoms with Gasteiger partial charge in [0.05, 0.1) is 35.2 Å². The highest BCUT2D eigenvalue weighted by Crippen LogP contribution is 2.25. The molecule has 142 valence electrons. The second-order valence-corrected chi connectivity index (χ2v) is 6.98. The lowest BCUT2D eigenvalue weighted by atomic mass is 10.0. The van der Waals surface area contributed by atoms with E-state index in [1.165, 1.54) is 0 Å². The molecule has 0 spiro atoms. The van der Waals surface area contributed by atoms with Gasteiger partial charge in [-0.15, -0.1) is 0 Å². The molecular weight excluding hydrogens is 352 g/mol. The third-order valence-corrected chi connectivity index (χ3v) is 5.05. The van der Waals surface area contributed by atoms with Crippen molar-refractivity contribution >= 4 is 16.8 Å². The predicted octanol–water partition coefficient (Wildman–Crippen LogP) is 3.17. The molecule has 1 atom stereocenters. The lowest BCUT2D eigenvalue weighted by Crippen LogP contribution is -2.27. The summed E-state index contributed by atoms with van der Waals surface area (Å²) in [5.41, 5.74) is 5.00. The van der Waals surface area contributed by atoms with E-state index in [1.807, 2.05) is 64.5 Å². The number of amides is 1. The van der Waals surface area contributed by atoms with Crippen LogP contribution in [0.15, 0.2) is 48.9 Å². The topological polar surface area (TPSA) is 77.6 Å². The predicted molar refractivity (Wildman–Crippen MR) is 108 cm³/mol. The molecule has 3 heterocycles. The Morgan fingerprint density at radius 1 is 1.14 bits per heavy atom. The number of pyridine rings is 1. The van der Waals surface area contributed by atoms with Crippen LogP contribution in [0, 0.1) is 6.92 Å². The first-order valence-electron chi connectivity index (χ1n) is 9.12. The third kappa shape index (κ3) is 3.15. The molecule has 0 aliphatic rings. The summed E-state index contributed by atoms with van der Waals surface area (Å²) in [5, 5.41) is 12.4. The van der Waals surface area contributed by atoms with Crippen LogP contribution in [0.3, 0.4) is 0 Å². The Morgan fingerprint density at radius 3 is 2.61 bits per heavy atom. The van der Waals surface area contributed by atoms with Crippen LogP contribution in [0.4, 0.5) is 0 Å². The van der Waals surface area contributed by atoms with Crippen LogP contribution in [0.2, 0.25) is 0 Å². The van der Waals surface area contributed by atoms with Crippen LogP contribution < -0.4 is 5.32 Å². The smallest absolute Gasteiger partial charge is 0.252 e. The second-order valence-electron chi connectivity index (χ2n) is 6.98. The van der Waals surface area contributed by atoms with Gasteiger partial charge in [0.25, 0.3) is 5.91 Å². The van der Waals surface area contributed by atoms with Crippen LogP contribution >= 0.6 is 0 Å². The molecule has 1 unspecified atom stereocenters. The van der Waals surface area contributed by atoms with Gasteiger partial charge in [-0.2, -0.15) is 10.2 Å². The molecule has 4 rings (SSSR count). The Labute approximate surface area is 163 Å². The fraction of sp³-hybridized carbons (Fsp3) is 0.238. The zero-order valence-electron chi connectivity index (χ0n) is 16.3. The quantitative estimate of drug-likeness (QED) is 0.595. The van der Waals surface area contributed by atoms with Gasteiger partial charge in [-0.25, -0.2) is 4.98 Å². The van der Waals surface area contributed by atoms with Crippen molar-refractivity contribution in [3.63, 3.8) is 0 Å². The first-order chi connectivity index (χ1) is 13.4. The molecule has 0 aliphatic heterocycles. The number of hydrogen-bond acceptors (Lipinski definition) is 4. The zero-order valence-corrected chi connectivity index (χ0v) is 16.3. The summed E-state index contributed by atoms with van der Waals surface area (Å²) in [7, 11) is 3.75. The maximum absolute atomic E-state index is 13.2. The Kier molecular flexibility index (Phi) is 4.43. The lowest BCUT2D eigenvalue weighted by Gasteiger charge is -2.15. The molecule has 7 heteroatoms. The standard InChI is InChI=1S/C21H22N6O/c1-13(18-11-23-27(4)14(18)2)24-21(28)17-9-20(15-10-22-26(3)12-15)25-19-8-6-5-7-16(17)19/h5-13H,1-4H3,(H,24,28). The number of aromatic nitrogens is 5. The van der Waals surface area contributed by atoms with Gasteiger partial charge in [0.2, 0.25) is 0 Å². The lowest BCUT2D eigenvalue weighted by molar-refractivity contribution is 0.0941. The summed E-state index contributed by atoms with van der Waals surface area (Å²) in [6.07, 6.45) is 5.44. The van der Waals surface area contributed by atoms with E-state index in [0.717, 1.165) is 33.4 Å². The van der Waals surface area contributed by atoms with Crippen molar-refractivity contribution in [3.8, 4) is 11.3 Å². The number of nitrogens with zero attached hydrogens (tertiary/aromatic N) is 5. The average Bonchev–Trinajstić information content (AvgIpc) is 3.26. The van der Waals surface area contributed by atoms with Crippen molar-refractivity contribution in [1.82, 2.24) is 29.9 Å². The number of fused-ring (bicyclic) bond motifs is 1. The minimum absolute atomic E-state index is 0.139. The summed E-state index contributed by atoms with van der Waals surface area (Å²) in [6.45, 7) is 3.96. The normalized spacial score (nSPS) is 12.3. The van der Waals surface area contributed by atoms with Crippen molar-refractivity contribution in [2.75, 3.05) is 0 Å². The van der Waals surface area contributed by atoms with Gasteiger partial charge in [0.15, 0.2) is 0 Å². The molecule has 0 saturated carbocycles. The van der Waals surface area contributed by atoms with Crippen molar-refractivity contribution < 1.29 is 4.79 Å². The number of rotatable bonds is 4. The number of aryl methyl sites for hydroxylation is 2. The fourth-order valence-corrected chi connectivity index (χ4v) is 3.36. The number of carbonyl (C=O) groups is 1. The van der Waals surface area contributed by atoms with Gasteiger partial charge in [0.1, 0.15) is 0 Å². The van der Waals surface area contributed by atoms with Gasteiger partial charge < -0.3 is 5.32 Å². The second kappa shape index (κ2) is 6.92. The molecule has 3 aromatic heterocycles. The van der Waals surface area contributed by atoms with E-state index >= 15 is 0 Å². The number of carbonyl (C=O) groups excluding carboxylic acids is 1. The van der Waals surface area contributed by atoms with Crippen LogP contribution in [0.25, 0.3) is 22.2 Å². The average molecular weight is 374 g/mol. The van der Waals surface area contributed by atoms with Crippen LogP contribution in [-0.2, 0) is 14.1 Å². The van der Waals surface area contributed by atoms with E-state index in [4.69, 9.17) is 4.98 Å². The fourth-order valence-electron chi connectivity index (χ4n) is 3.36. The summed E-state index contributed by atoms with van der Waals surface area (Å²) in [5.74, 6) is -0.139. The molecule has 0 saturated heterocycles. The molecule has 28 heavy (non-hydrogen) atoms. The maximum atomic E-state index is 13.2. The monoisotopic (exact) mass is 374 g/mol. The summed E-state index contributed by atoms with van der Waals surface area (Å²) in [4.78, 5) is 17.9. The first kappa shape index (κ1) is 17.9. The molecule has 0 bridgehead atoms. The number of para-hydroxylation sites is 1. The number of benzene rings is 1. The van der Waals surface area contributed by atoms with E-state index in [9.17, 15) is 4.79 Å². The summed E-state index contributed by atoms with van der Waals surface area (Å²) in [6, 6.07) is 9.35. The highest BCUT2D eigenvalue weighted by atomic mass is 16.1. The van der Waals surface area contributed by atoms with Crippen LogP contribution in [0.5, 0.6) is 0 Å². The molecule has 0 radical (unpaired) electrons. The minimum atomic E-state index is -0.157. The molecular formula is C21H22N6O. The minimum Gasteiger partial charge on any atom is -0.345 e. The molecule has 0 fully saturated rings. The summed E-state index contributed by atoms with van der Waals surface area (Å²) < 4.78 is 3.53. The molecule has 0 aliphatic carbocycles.